The van der Waals surface area contributed by atoms with Gasteiger partial charge in [0.15, 0.2) is 0 Å². The third-order valence-electron chi connectivity index (χ3n) is 3.35. The number of hydrogen-bond donors (Lipinski definition) is 1. The number of halogens is 2. The van der Waals surface area contributed by atoms with Gasteiger partial charge in [0, 0.05) is 5.02 Å². The van der Waals surface area contributed by atoms with Gasteiger partial charge in [-0.2, -0.15) is 0 Å². The second-order valence-corrected chi connectivity index (χ2v) is 5.10. The summed E-state index contributed by atoms with van der Waals surface area (Å²) >= 11 is 6.27. The zero-order valence-electron chi connectivity index (χ0n) is 11.3. The van der Waals surface area contributed by atoms with Crippen molar-refractivity contribution in [2.24, 2.45) is 0 Å². The van der Waals surface area contributed by atoms with Crippen LogP contribution in [-0.2, 0) is 0 Å². The van der Waals surface area contributed by atoms with E-state index in [2.05, 4.69) is 5.32 Å². The molecule has 2 rings (SSSR count). The quantitative estimate of drug-likeness (QED) is 0.876. The Balaban J connectivity index is 2.58. The normalized spacial score (nSPS) is 12.5. The summed E-state index contributed by atoms with van der Waals surface area (Å²) in [5.41, 5.74) is 3.94. The van der Waals surface area contributed by atoms with Crippen LogP contribution in [0.25, 0.3) is 0 Å². The van der Waals surface area contributed by atoms with Gasteiger partial charge in [-0.15, -0.1) is 0 Å². The predicted octanol–water partition coefficient (Wildman–Crippen LogP) is 4.40. The number of hydrogen-bond acceptors (Lipinski definition) is 1. The molecular formula is C16H17ClFN. The smallest absolute Gasteiger partial charge is 0.123 e. The van der Waals surface area contributed by atoms with Crippen LogP contribution >= 0.6 is 11.6 Å². The Morgan fingerprint density at radius 1 is 1.11 bits per heavy atom. The molecular weight excluding hydrogens is 261 g/mol. The van der Waals surface area contributed by atoms with Gasteiger partial charge in [-0.1, -0.05) is 29.8 Å². The molecule has 0 aromatic heterocycles. The number of aryl methyl sites for hydroxylation is 2. The molecule has 1 N–H and O–H groups in total. The van der Waals surface area contributed by atoms with Gasteiger partial charge in [0.2, 0.25) is 0 Å². The zero-order chi connectivity index (χ0) is 14.0. The first-order chi connectivity index (χ1) is 9.04. The van der Waals surface area contributed by atoms with Crippen molar-refractivity contribution >= 4 is 11.6 Å². The van der Waals surface area contributed by atoms with E-state index in [4.69, 9.17) is 11.6 Å². The molecule has 1 nitrogen and oxygen atoms in total. The molecule has 0 aliphatic rings. The molecule has 0 bridgehead atoms. The van der Waals surface area contributed by atoms with E-state index in [1.165, 1.54) is 0 Å². The standard InChI is InChI=1S/C16H17ClFN/c1-10-8-12(18)9-11(2)15(10)16(19-3)13-6-4-5-7-14(13)17/h4-9,16,19H,1-3H3. The third kappa shape index (κ3) is 2.80. The van der Waals surface area contributed by atoms with Crippen LogP contribution < -0.4 is 5.32 Å². The Morgan fingerprint density at radius 2 is 1.68 bits per heavy atom. The average Bonchev–Trinajstić information content (AvgIpc) is 2.34. The highest BCUT2D eigenvalue weighted by molar-refractivity contribution is 6.31. The first-order valence-corrected chi connectivity index (χ1v) is 6.60. The molecule has 19 heavy (non-hydrogen) atoms. The zero-order valence-corrected chi connectivity index (χ0v) is 12.1. The average molecular weight is 278 g/mol. The molecule has 0 fully saturated rings. The molecule has 1 atom stereocenters. The van der Waals surface area contributed by atoms with Crippen LogP contribution in [0.15, 0.2) is 36.4 Å². The highest BCUT2D eigenvalue weighted by Gasteiger charge is 2.19. The maximum atomic E-state index is 13.4. The Bertz CT molecular complexity index is 572. The van der Waals surface area contributed by atoms with E-state index in [1.807, 2.05) is 45.2 Å². The van der Waals surface area contributed by atoms with Crippen molar-refractivity contribution in [2.45, 2.75) is 19.9 Å². The molecule has 0 saturated heterocycles. The molecule has 2 aromatic rings. The number of benzene rings is 2. The maximum absolute atomic E-state index is 13.4. The topological polar surface area (TPSA) is 12.0 Å². The summed E-state index contributed by atoms with van der Waals surface area (Å²) in [6, 6.07) is 10.8. The Hall–Kier alpha value is -1.38. The Kier molecular flexibility index (Phi) is 4.23. The second kappa shape index (κ2) is 5.72. The number of nitrogens with one attached hydrogen (secondary N) is 1. The van der Waals surface area contributed by atoms with E-state index >= 15 is 0 Å². The van der Waals surface area contributed by atoms with E-state index in [9.17, 15) is 4.39 Å². The van der Waals surface area contributed by atoms with Crippen LogP contribution in [0.5, 0.6) is 0 Å². The van der Waals surface area contributed by atoms with Crippen LogP contribution in [0.3, 0.4) is 0 Å². The van der Waals surface area contributed by atoms with Crippen LogP contribution in [0.2, 0.25) is 5.02 Å². The molecule has 0 amide bonds. The second-order valence-electron chi connectivity index (χ2n) is 4.70. The predicted molar refractivity (Wildman–Crippen MR) is 78.2 cm³/mol. The summed E-state index contributed by atoms with van der Waals surface area (Å²) < 4.78 is 13.4. The van der Waals surface area contributed by atoms with Crippen molar-refractivity contribution in [1.29, 1.82) is 0 Å². The summed E-state index contributed by atoms with van der Waals surface area (Å²) in [6.45, 7) is 3.85. The molecule has 0 saturated carbocycles. The van der Waals surface area contributed by atoms with Gasteiger partial charge >= 0.3 is 0 Å². The van der Waals surface area contributed by atoms with E-state index in [1.54, 1.807) is 12.1 Å². The van der Waals surface area contributed by atoms with Gasteiger partial charge in [0.25, 0.3) is 0 Å². The molecule has 2 aromatic carbocycles. The summed E-state index contributed by atoms with van der Waals surface area (Å²) in [5, 5.41) is 3.98. The summed E-state index contributed by atoms with van der Waals surface area (Å²) in [7, 11) is 1.89. The van der Waals surface area contributed by atoms with Gasteiger partial charge in [-0.05, 0) is 61.3 Å². The third-order valence-corrected chi connectivity index (χ3v) is 3.70. The number of rotatable bonds is 3. The van der Waals surface area contributed by atoms with Crippen molar-refractivity contribution in [3.05, 3.63) is 69.5 Å². The lowest BCUT2D eigenvalue weighted by molar-refractivity contribution is 0.618. The minimum atomic E-state index is -0.201. The lowest BCUT2D eigenvalue weighted by Crippen LogP contribution is -2.20. The minimum Gasteiger partial charge on any atom is -0.309 e. The fraction of sp³-hybridized carbons (Fsp3) is 0.250. The van der Waals surface area contributed by atoms with E-state index in [0.717, 1.165) is 22.3 Å². The SMILES string of the molecule is CNC(c1ccccc1Cl)c1c(C)cc(F)cc1C. The molecule has 0 aliphatic heterocycles. The van der Waals surface area contributed by atoms with Gasteiger partial charge in [-0.25, -0.2) is 4.39 Å². The molecule has 100 valence electrons. The van der Waals surface area contributed by atoms with Gasteiger partial charge in [-0.3, -0.25) is 0 Å². The molecule has 0 spiro atoms. The lowest BCUT2D eigenvalue weighted by atomic mass is 9.91. The summed E-state index contributed by atoms with van der Waals surface area (Å²) in [5.74, 6) is -0.201. The first kappa shape index (κ1) is 14.0. The molecule has 0 heterocycles. The van der Waals surface area contributed by atoms with E-state index in [0.29, 0.717) is 5.02 Å². The molecule has 3 heteroatoms. The van der Waals surface area contributed by atoms with Crippen LogP contribution in [-0.4, -0.2) is 7.05 Å². The molecule has 0 aliphatic carbocycles. The van der Waals surface area contributed by atoms with Crippen molar-refractivity contribution in [1.82, 2.24) is 5.32 Å². The van der Waals surface area contributed by atoms with E-state index in [-0.39, 0.29) is 11.9 Å². The monoisotopic (exact) mass is 277 g/mol. The van der Waals surface area contributed by atoms with Crippen LogP contribution in [0.4, 0.5) is 4.39 Å². The Morgan fingerprint density at radius 3 is 2.21 bits per heavy atom. The largest absolute Gasteiger partial charge is 0.309 e. The van der Waals surface area contributed by atoms with Crippen LogP contribution in [0.1, 0.15) is 28.3 Å². The molecule has 0 radical (unpaired) electrons. The highest BCUT2D eigenvalue weighted by Crippen LogP contribution is 2.32. The van der Waals surface area contributed by atoms with Crippen LogP contribution in [0, 0.1) is 19.7 Å². The fourth-order valence-corrected chi connectivity index (χ4v) is 2.79. The minimum absolute atomic E-state index is 0.0331. The van der Waals surface area contributed by atoms with Crippen molar-refractivity contribution < 1.29 is 4.39 Å². The summed E-state index contributed by atoms with van der Waals surface area (Å²) in [6.07, 6.45) is 0. The summed E-state index contributed by atoms with van der Waals surface area (Å²) in [4.78, 5) is 0. The first-order valence-electron chi connectivity index (χ1n) is 6.23. The highest BCUT2D eigenvalue weighted by atomic mass is 35.5. The Labute approximate surface area is 118 Å². The van der Waals surface area contributed by atoms with E-state index < -0.39 is 0 Å². The molecule has 1 unspecified atom stereocenters. The maximum Gasteiger partial charge on any atom is 0.123 e. The van der Waals surface area contributed by atoms with Gasteiger partial charge in [0.1, 0.15) is 5.82 Å². The van der Waals surface area contributed by atoms with Gasteiger partial charge in [0.05, 0.1) is 6.04 Å². The van der Waals surface area contributed by atoms with Crippen molar-refractivity contribution in [2.75, 3.05) is 7.05 Å². The van der Waals surface area contributed by atoms with Crippen molar-refractivity contribution in [3.8, 4) is 0 Å². The fourth-order valence-electron chi connectivity index (χ4n) is 2.54. The van der Waals surface area contributed by atoms with Gasteiger partial charge < -0.3 is 5.32 Å². The lowest BCUT2D eigenvalue weighted by Gasteiger charge is -2.22. The van der Waals surface area contributed by atoms with Crippen molar-refractivity contribution in [3.63, 3.8) is 0 Å².